The van der Waals surface area contributed by atoms with E-state index in [2.05, 4.69) is 41.9 Å². The Labute approximate surface area is 206 Å². The van der Waals surface area contributed by atoms with Crippen molar-refractivity contribution >= 4 is 22.9 Å². The van der Waals surface area contributed by atoms with Crippen molar-refractivity contribution in [1.29, 1.82) is 5.26 Å². The molecule has 35 heavy (non-hydrogen) atoms. The van der Waals surface area contributed by atoms with E-state index in [1.54, 1.807) is 6.08 Å². The zero-order valence-electron chi connectivity index (χ0n) is 20.3. The molecule has 3 aromatic carbocycles. The predicted octanol–water partition coefficient (Wildman–Crippen LogP) is 5.87. The predicted molar refractivity (Wildman–Crippen MR) is 140 cm³/mol. The van der Waals surface area contributed by atoms with Crippen LogP contribution < -0.4 is 10.1 Å². The molecule has 4 rings (SSSR count). The van der Waals surface area contributed by atoms with Gasteiger partial charge in [-0.25, -0.2) is 0 Å². The molecule has 1 amide bonds. The van der Waals surface area contributed by atoms with Crippen molar-refractivity contribution in [2.24, 2.45) is 0 Å². The highest BCUT2D eigenvalue weighted by Gasteiger charge is 2.16. The fourth-order valence-corrected chi connectivity index (χ4v) is 4.37. The molecule has 0 fully saturated rings. The van der Waals surface area contributed by atoms with Crippen LogP contribution in [0.1, 0.15) is 27.9 Å². The molecule has 176 valence electrons. The highest BCUT2D eigenvalue weighted by atomic mass is 16.5. The summed E-state index contributed by atoms with van der Waals surface area (Å²) < 4.78 is 8.23. The van der Waals surface area contributed by atoms with Crippen LogP contribution in [0.2, 0.25) is 0 Å². The summed E-state index contributed by atoms with van der Waals surface area (Å²) in [5, 5.41) is 13.6. The molecule has 5 nitrogen and oxygen atoms in total. The molecule has 0 bridgehead atoms. The monoisotopic (exact) mass is 463 g/mol. The number of aryl methyl sites for hydroxylation is 2. The molecule has 0 saturated carbocycles. The number of ether oxygens (including phenoxy) is 1. The van der Waals surface area contributed by atoms with Gasteiger partial charge >= 0.3 is 0 Å². The lowest BCUT2D eigenvalue weighted by atomic mass is 10.1. The number of carbonyl (C=O) groups excluding carboxylic acids is 1. The number of hydrogen-bond donors (Lipinski definition) is 1. The Balaban J connectivity index is 1.56. The van der Waals surface area contributed by atoms with E-state index < -0.39 is 0 Å². The number of aromatic nitrogens is 1. The third-order valence-corrected chi connectivity index (χ3v) is 6.01. The van der Waals surface area contributed by atoms with E-state index in [1.807, 2.05) is 67.6 Å². The van der Waals surface area contributed by atoms with Gasteiger partial charge in [0.25, 0.3) is 5.91 Å². The van der Waals surface area contributed by atoms with Gasteiger partial charge in [0.2, 0.25) is 0 Å². The molecule has 0 aliphatic carbocycles. The topological polar surface area (TPSA) is 67.0 Å². The largest absolute Gasteiger partial charge is 0.492 e. The number of para-hydroxylation sites is 1. The summed E-state index contributed by atoms with van der Waals surface area (Å²) in [6.07, 6.45) is 1.69. The van der Waals surface area contributed by atoms with Crippen molar-refractivity contribution in [3.63, 3.8) is 0 Å². The molecule has 0 aliphatic heterocycles. The first-order valence-corrected chi connectivity index (χ1v) is 11.7. The number of amides is 1. The zero-order chi connectivity index (χ0) is 24.8. The Kier molecular flexibility index (Phi) is 7.32. The molecule has 1 aromatic heterocycles. The molecule has 1 heterocycles. The number of benzene rings is 3. The van der Waals surface area contributed by atoms with Crippen LogP contribution in [0.3, 0.4) is 0 Å². The Morgan fingerprint density at radius 2 is 1.69 bits per heavy atom. The van der Waals surface area contributed by atoms with Crippen molar-refractivity contribution in [1.82, 2.24) is 9.88 Å². The van der Waals surface area contributed by atoms with Crippen LogP contribution in [0.4, 0.5) is 0 Å². The quantitative estimate of drug-likeness (QED) is 0.263. The van der Waals surface area contributed by atoms with Gasteiger partial charge in [-0.1, -0.05) is 54.6 Å². The highest BCUT2D eigenvalue weighted by molar-refractivity contribution is 6.04. The third-order valence-electron chi connectivity index (χ3n) is 6.01. The number of nitrogens with one attached hydrogen (secondary N) is 1. The number of carbonyl (C=O) groups is 1. The Bertz CT molecular complexity index is 1410. The molecule has 0 saturated heterocycles. The van der Waals surface area contributed by atoms with Gasteiger partial charge in [-0.15, -0.1) is 0 Å². The van der Waals surface area contributed by atoms with E-state index in [4.69, 9.17) is 4.74 Å². The van der Waals surface area contributed by atoms with Crippen LogP contribution in [0.5, 0.6) is 5.75 Å². The van der Waals surface area contributed by atoms with Crippen LogP contribution in [0.15, 0.2) is 78.4 Å². The fraction of sp³-hybridized carbons (Fsp3) is 0.200. The van der Waals surface area contributed by atoms with Gasteiger partial charge in [-0.3, -0.25) is 4.79 Å². The molecule has 0 radical (unpaired) electrons. The maximum Gasteiger partial charge on any atom is 0.262 e. The van der Waals surface area contributed by atoms with Crippen LogP contribution >= 0.6 is 0 Å². The minimum atomic E-state index is -0.384. The van der Waals surface area contributed by atoms with Crippen LogP contribution in [0.25, 0.3) is 17.0 Å². The maximum absolute atomic E-state index is 12.8. The van der Waals surface area contributed by atoms with Crippen molar-refractivity contribution < 1.29 is 9.53 Å². The van der Waals surface area contributed by atoms with Crippen LogP contribution in [-0.4, -0.2) is 17.1 Å². The smallest absolute Gasteiger partial charge is 0.262 e. The lowest BCUT2D eigenvalue weighted by Crippen LogP contribution is -2.23. The molecular weight excluding hydrogens is 434 g/mol. The lowest BCUT2D eigenvalue weighted by molar-refractivity contribution is -0.117. The van der Waals surface area contributed by atoms with E-state index in [0.29, 0.717) is 19.7 Å². The Morgan fingerprint density at radius 3 is 2.40 bits per heavy atom. The maximum atomic E-state index is 12.8. The summed E-state index contributed by atoms with van der Waals surface area (Å²) in [7, 11) is 0. The minimum absolute atomic E-state index is 0.0819. The summed E-state index contributed by atoms with van der Waals surface area (Å²) in [6.45, 7) is 7.66. The van der Waals surface area contributed by atoms with Crippen molar-refractivity contribution in [3.8, 4) is 11.8 Å². The summed E-state index contributed by atoms with van der Waals surface area (Å²) in [6, 6.07) is 26.0. The molecular formula is C30H29N3O2. The third kappa shape index (κ3) is 5.62. The van der Waals surface area contributed by atoms with Crippen molar-refractivity contribution in [3.05, 3.63) is 106 Å². The standard InChI is InChI=1S/C30H29N3O2/c1-21-15-22(2)17-26(16-21)35-14-13-33-23(3)28(27-11-7-8-12-29(27)33)18-25(19-31)30(34)32-20-24-9-5-4-6-10-24/h4-12,15-18H,13-14,20H2,1-3H3,(H,32,34)/b25-18+. The summed E-state index contributed by atoms with van der Waals surface area (Å²) in [5.74, 6) is 0.476. The van der Waals surface area contributed by atoms with E-state index in [9.17, 15) is 10.1 Å². The zero-order valence-corrected chi connectivity index (χ0v) is 20.3. The summed E-state index contributed by atoms with van der Waals surface area (Å²) in [4.78, 5) is 12.8. The number of fused-ring (bicyclic) bond motifs is 1. The highest BCUT2D eigenvalue weighted by Crippen LogP contribution is 2.28. The van der Waals surface area contributed by atoms with Gasteiger partial charge in [0.1, 0.15) is 24.0 Å². The number of nitrogens with zero attached hydrogens (tertiary/aromatic N) is 2. The molecule has 5 heteroatoms. The molecule has 0 unspecified atom stereocenters. The normalized spacial score (nSPS) is 11.3. The summed E-state index contributed by atoms with van der Waals surface area (Å²) in [5.41, 5.74) is 6.31. The SMILES string of the molecule is Cc1cc(C)cc(OCCn2c(C)c(/C=C(\C#N)C(=O)NCc3ccccc3)c3ccccc32)c1. The average molecular weight is 464 g/mol. The van der Waals surface area contributed by atoms with Gasteiger partial charge in [-0.2, -0.15) is 5.26 Å². The molecule has 0 spiro atoms. The first kappa shape index (κ1) is 23.8. The van der Waals surface area contributed by atoms with Gasteiger partial charge in [0.05, 0.1) is 6.54 Å². The van der Waals surface area contributed by atoms with E-state index in [1.165, 1.54) is 11.1 Å². The summed E-state index contributed by atoms with van der Waals surface area (Å²) >= 11 is 0. The average Bonchev–Trinajstić information content (AvgIpc) is 3.11. The second-order valence-electron chi connectivity index (χ2n) is 8.68. The van der Waals surface area contributed by atoms with Gasteiger partial charge in [0.15, 0.2) is 0 Å². The minimum Gasteiger partial charge on any atom is -0.492 e. The first-order chi connectivity index (χ1) is 17.0. The first-order valence-electron chi connectivity index (χ1n) is 11.7. The van der Waals surface area contributed by atoms with E-state index in [-0.39, 0.29) is 11.5 Å². The Hall–Kier alpha value is -4.30. The van der Waals surface area contributed by atoms with Gasteiger partial charge in [-0.05, 0) is 61.7 Å². The fourth-order valence-electron chi connectivity index (χ4n) is 4.37. The van der Waals surface area contributed by atoms with E-state index in [0.717, 1.165) is 33.5 Å². The lowest BCUT2D eigenvalue weighted by Gasteiger charge is -2.11. The molecule has 0 atom stereocenters. The van der Waals surface area contributed by atoms with Crippen LogP contribution in [0, 0.1) is 32.1 Å². The molecule has 0 aliphatic rings. The van der Waals surface area contributed by atoms with Gasteiger partial charge in [0, 0.05) is 28.7 Å². The number of nitriles is 1. The molecule has 4 aromatic rings. The second kappa shape index (κ2) is 10.8. The van der Waals surface area contributed by atoms with Crippen LogP contribution in [-0.2, 0) is 17.9 Å². The Morgan fingerprint density at radius 1 is 1.00 bits per heavy atom. The number of rotatable bonds is 8. The van der Waals surface area contributed by atoms with Gasteiger partial charge < -0.3 is 14.6 Å². The van der Waals surface area contributed by atoms with Crippen molar-refractivity contribution in [2.75, 3.05) is 6.61 Å². The number of hydrogen-bond acceptors (Lipinski definition) is 3. The second-order valence-corrected chi connectivity index (χ2v) is 8.68. The molecule has 1 N–H and O–H groups in total. The van der Waals surface area contributed by atoms with E-state index >= 15 is 0 Å². The van der Waals surface area contributed by atoms with Crippen molar-refractivity contribution in [2.45, 2.75) is 33.9 Å².